The summed E-state index contributed by atoms with van der Waals surface area (Å²) in [6.07, 6.45) is -6.68. The Kier molecular flexibility index (Phi) is 11.6. The summed E-state index contributed by atoms with van der Waals surface area (Å²) in [4.78, 5) is 46.3. The predicted octanol–water partition coefficient (Wildman–Crippen LogP) is -3.42. The molecule has 0 saturated carbocycles. The van der Waals surface area contributed by atoms with E-state index in [-0.39, 0.29) is 19.4 Å². The molecule has 0 aromatic rings. The van der Waals surface area contributed by atoms with E-state index < -0.39 is 79.2 Å². The summed E-state index contributed by atoms with van der Waals surface area (Å²) >= 11 is 0. The van der Waals surface area contributed by atoms with Crippen molar-refractivity contribution in [3.8, 4) is 0 Å². The zero-order valence-electron chi connectivity index (χ0n) is 18.7. The number of carboxylic acids is 1. The maximum absolute atomic E-state index is 12.0. The maximum Gasteiger partial charge on any atom is 0.326 e. The van der Waals surface area contributed by atoms with Gasteiger partial charge in [-0.15, -0.1) is 0 Å². The summed E-state index contributed by atoms with van der Waals surface area (Å²) in [6, 6.07) is -3.39. The third kappa shape index (κ3) is 9.19. The molecule has 1 saturated heterocycles. The van der Waals surface area contributed by atoms with Crippen LogP contribution in [0.4, 0.5) is 0 Å². The molecule has 1 aliphatic rings. The van der Waals surface area contributed by atoms with Crippen LogP contribution in [0.1, 0.15) is 33.6 Å². The van der Waals surface area contributed by atoms with Crippen LogP contribution < -0.4 is 16.4 Å². The number of nitrogens with one attached hydrogen (secondary N) is 2. The molecule has 190 valence electrons. The van der Waals surface area contributed by atoms with Crippen molar-refractivity contribution in [1.29, 1.82) is 0 Å². The fourth-order valence-corrected chi connectivity index (χ4v) is 3.05. The van der Waals surface area contributed by atoms with Crippen molar-refractivity contribution in [1.82, 2.24) is 10.6 Å². The van der Waals surface area contributed by atoms with Crippen LogP contribution in [0.5, 0.6) is 0 Å². The molecular formula is C19H33N3O11. The van der Waals surface area contributed by atoms with E-state index in [0.717, 1.165) is 0 Å². The topological polar surface area (TPSA) is 227 Å². The molecular weight excluding hydrogens is 446 g/mol. The third-order valence-electron chi connectivity index (χ3n) is 4.78. The minimum Gasteiger partial charge on any atom is -0.480 e. The Labute approximate surface area is 190 Å². The second-order valence-corrected chi connectivity index (χ2v) is 7.79. The van der Waals surface area contributed by atoms with E-state index in [9.17, 15) is 34.5 Å². The lowest BCUT2D eigenvalue weighted by molar-refractivity contribution is -0.269. The standard InChI is InChI=1S/C19H33N3O11/c1-8(7-31-13(25)5-4-11(18(28)29)22-17(27)9(2)20)32-16-14(21-10(3)24)19(30)33-12(6-23)15(16)26/h8-9,11-12,14-16,19,23,26,30H,4-7,20H2,1-3H3,(H,21,24)(H,22,27)(H,28,29)/t8?,9-,11+,12+,14+,15+,16+,19-/m0/s1. The van der Waals surface area contributed by atoms with Gasteiger partial charge in [0.2, 0.25) is 11.8 Å². The van der Waals surface area contributed by atoms with Gasteiger partial charge in [-0.3, -0.25) is 14.4 Å². The Hall–Kier alpha value is -2.36. The van der Waals surface area contributed by atoms with Gasteiger partial charge in [0.25, 0.3) is 0 Å². The molecule has 0 radical (unpaired) electrons. The van der Waals surface area contributed by atoms with Gasteiger partial charge in [-0.1, -0.05) is 0 Å². The molecule has 14 heteroatoms. The molecule has 14 nitrogen and oxygen atoms in total. The fourth-order valence-electron chi connectivity index (χ4n) is 3.05. The molecule has 8 N–H and O–H groups in total. The van der Waals surface area contributed by atoms with Crippen LogP contribution in [0, 0.1) is 0 Å². The van der Waals surface area contributed by atoms with Gasteiger partial charge < -0.3 is 51.0 Å². The Balaban J connectivity index is 2.62. The van der Waals surface area contributed by atoms with Crippen molar-refractivity contribution >= 4 is 23.8 Å². The highest BCUT2D eigenvalue weighted by Gasteiger charge is 2.46. The molecule has 0 aromatic carbocycles. The van der Waals surface area contributed by atoms with Crippen molar-refractivity contribution in [3.63, 3.8) is 0 Å². The number of hydrogen-bond donors (Lipinski definition) is 7. The summed E-state index contributed by atoms with van der Waals surface area (Å²) in [6.45, 7) is 3.18. The molecule has 0 aromatic heterocycles. The van der Waals surface area contributed by atoms with Gasteiger partial charge in [-0.2, -0.15) is 0 Å². The van der Waals surface area contributed by atoms with Crippen molar-refractivity contribution in [2.45, 2.75) is 82.4 Å². The van der Waals surface area contributed by atoms with Gasteiger partial charge in [0, 0.05) is 13.3 Å². The van der Waals surface area contributed by atoms with E-state index in [1.165, 1.54) is 20.8 Å². The molecule has 0 spiro atoms. The molecule has 1 aliphatic heterocycles. The van der Waals surface area contributed by atoms with Gasteiger partial charge in [-0.25, -0.2) is 4.79 Å². The molecule has 0 aliphatic carbocycles. The lowest BCUT2D eigenvalue weighted by Gasteiger charge is -2.43. The molecule has 1 rings (SSSR count). The van der Waals surface area contributed by atoms with Crippen molar-refractivity contribution < 1.29 is 53.8 Å². The molecule has 2 amide bonds. The Morgan fingerprint density at radius 1 is 1.18 bits per heavy atom. The average molecular weight is 479 g/mol. The molecule has 8 atom stereocenters. The summed E-state index contributed by atoms with van der Waals surface area (Å²) in [5.74, 6) is -3.28. The minimum absolute atomic E-state index is 0.227. The van der Waals surface area contributed by atoms with Crippen LogP contribution in [0.3, 0.4) is 0 Å². The van der Waals surface area contributed by atoms with Crippen LogP contribution >= 0.6 is 0 Å². The number of aliphatic hydroxyl groups excluding tert-OH is 3. The number of aliphatic hydroxyl groups is 3. The molecule has 1 unspecified atom stereocenters. The quantitative estimate of drug-likeness (QED) is 0.136. The van der Waals surface area contributed by atoms with Gasteiger partial charge in [0.15, 0.2) is 6.29 Å². The van der Waals surface area contributed by atoms with E-state index in [2.05, 4.69) is 10.6 Å². The van der Waals surface area contributed by atoms with Crippen LogP contribution in [-0.2, 0) is 33.4 Å². The molecule has 0 bridgehead atoms. The highest BCUT2D eigenvalue weighted by molar-refractivity contribution is 5.86. The van der Waals surface area contributed by atoms with Gasteiger partial charge in [0.05, 0.1) is 18.8 Å². The Morgan fingerprint density at radius 2 is 1.82 bits per heavy atom. The molecule has 33 heavy (non-hydrogen) atoms. The Morgan fingerprint density at radius 3 is 2.33 bits per heavy atom. The van der Waals surface area contributed by atoms with Gasteiger partial charge in [-0.05, 0) is 20.3 Å². The zero-order chi connectivity index (χ0) is 25.3. The monoisotopic (exact) mass is 479 g/mol. The van der Waals surface area contributed by atoms with Gasteiger partial charge >= 0.3 is 11.9 Å². The highest BCUT2D eigenvalue weighted by Crippen LogP contribution is 2.23. The number of ether oxygens (including phenoxy) is 3. The second kappa shape index (κ2) is 13.4. The lowest BCUT2D eigenvalue weighted by Crippen LogP contribution is -2.65. The SMILES string of the molecule is CC(=O)N[C@@H]1[C@@H](OC(C)COC(=O)CC[C@@H](NC(=O)[C@H](C)N)C(=O)O)[C@H](O)[C@@H](CO)O[C@@H]1O. The smallest absolute Gasteiger partial charge is 0.326 e. The van der Waals surface area contributed by atoms with E-state index in [1.54, 1.807) is 0 Å². The number of amides is 2. The van der Waals surface area contributed by atoms with Crippen molar-refractivity contribution in [2.75, 3.05) is 13.2 Å². The first-order valence-electron chi connectivity index (χ1n) is 10.4. The largest absolute Gasteiger partial charge is 0.480 e. The van der Waals surface area contributed by atoms with E-state index in [0.29, 0.717) is 0 Å². The normalized spacial score (nSPS) is 27.7. The number of nitrogens with two attached hydrogens (primary N) is 1. The summed E-state index contributed by atoms with van der Waals surface area (Å²) in [5, 5.41) is 43.6. The van der Waals surface area contributed by atoms with Crippen LogP contribution in [0.25, 0.3) is 0 Å². The average Bonchev–Trinajstić information content (AvgIpc) is 2.73. The minimum atomic E-state index is -1.56. The van der Waals surface area contributed by atoms with Crippen LogP contribution in [-0.4, -0.2) is 106 Å². The first-order chi connectivity index (χ1) is 15.4. The van der Waals surface area contributed by atoms with Crippen LogP contribution in [0.2, 0.25) is 0 Å². The number of carbonyl (C=O) groups is 4. The van der Waals surface area contributed by atoms with E-state index in [4.69, 9.17) is 25.1 Å². The fraction of sp³-hybridized carbons (Fsp3) is 0.789. The first kappa shape index (κ1) is 28.7. The number of carbonyl (C=O) groups excluding carboxylic acids is 3. The Bertz CT molecular complexity index is 690. The van der Waals surface area contributed by atoms with E-state index >= 15 is 0 Å². The van der Waals surface area contributed by atoms with Gasteiger partial charge in [0.1, 0.15) is 37.0 Å². The maximum atomic E-state index is 12.0. The molecule has 1 fully saturated rings. The number of hydrogen-bond acceptors (Lipinski definition) is 11. The predicted molar refractivity (Wildman–Crippen MR) is 109 cm³/mol. The number of esters is 1. The second-order valence-electron chi connectivity index (χ2n) is 7.79. The summed E-state index contributed by atoms with van der Waals surface area (Å²) in [7, 11) is 0. The third-order valence-corrected chi connectivity index (χ3v) is 4.78. The van der Waals surface area contributed by atoms with Crippen molar-refractivity contribution in [2.24, 2.45) is 5.73 Å². The highest BCUT2D eigenvalue weighted by atomic mass is 16.6. The lowest BCUT2D eigenvalue weighted by atomic mass is 9.96. The summed E-state index contributed by atoms with van der Waals surface area (Å²) < 4.78 is 15.8. The van der Waals surface area contributed by atoms with E-state index in [1.807, 2.05) is 0 Å². The van der Waals surface area contributed by atoms with Crippen LogP contribution in [0.15, 0.2) is 0 Å². The number of aliphatic carboxylic acids is 1. The number of rotatable bonds is 12. The number of carboxylic acid groups (broad SMARTS) is 1. The molecule has 1 heterocycles. The summed E-state index contributed by atoms with van der Waals surface area (Å²) in [5.41, 5.74) is 5.38. The first-order valence-corrected chi connectivity index (χ1v) is 10.4. The zero-order valence-corrected chi connectivity index (χ0v) is 18.7. The van der Waals surface area contributed by atoms with Crippen molar-refractivity contribution in [3.05, 3.63) is 0 Å².